The topological polar surface area (TPSA) is 84.3 Å². The molecular formula is C24H33Cl2N3O4. The number of amides is 2. The number of aliphatic hydroxyl groups is 2. The van der Waals surface area contributed by atoms with Crippen molar-refractivity contribution < 1.29 is 19.8 Å². The molecule has 9 heteroatoms. The Morgan fingerprint density at radius 3 is 2.61 bits per heavy atom. The maximum Gasteiger partial charge on any atom is 0.246 e. The van der Waals surface area contributed by atoms with Crippen LogP contribution in [-0.2, 0) is 9.59 Å². The van der Waals surface area contributed by atoms with E-state index in [1.165, 1.54) is 6.08 Å². The number of hydrogen-bond acceptors (Lipinski definition) is 5. The van der Waals surface area contributed by atoms with E-state index in [1.54, 1.807) is 29.2 Å². The zero-order chi connectivity index (χ0) is 23.8. The summed E-state index contributed by atoms with van der Waals surface area (Å²) < 4.78 is 0. The van der Waals surface area contributed by atoms with Crippen LogP contribution >= 0.6 is 23.2 Å². The number of unbranched alkanes of at least 4 members (excludes halogenated alkanes) is 1. The van der Waals surface area contributed by atoms with Gasteiger partial charge < -0.3 is 24.9 Å². The molecule has 2 amide bonds. The van der Waals surface area contributed by atoms with E-state index >= 15 is 0 Å². The molecule has 2 atom stereocenters. The maximum absolute atomic E-state index is 12.6. The summed E-state index contributed by atoms with van der Waals surface area (Å²) in [6.45, 7) is 4.53. The quantitative estimate of drug-likeness (QED) is 0.425. The lowest BCUT2D eigenvalue weighted by molar-refractivity contribution is -0.130. The van der Waals surface area contributed by atoms with E-state index in [4.69, 9.17) is 23.2 Å². The molecule has 7 nitrogen and oxygen atoms in total. The fourth-order valence-electron chi connectivity index (χ4n) is 4.31. The third-order valence-corrected chi connectivity index (χ3v) is 7.19. The molecule has 0 saturated carbocycles. The molecule has 3 rings (SSSR count). The Hall–Kier alpha value is -1.64. The maximum atomic E-state index is 12.6. The summed E-state index contributed by atoms with van der Waals surface area (Å²) in [7, 11) is 0. The lowest BCUT2D eigenvalue weighted by atomic mass is 9.94. The molecule has 2 aliphatic rings. The lowest BCUT2D eigenvalue weighted by Crippen LogP contribution is -2.45. The highest BCUT2D eigenvalue weighted by atomic mass is 35.5. The number of benzene rings is 1. The van der Waals surface area contributed by atoms with E-state index in [2.05, 4.69) is 4.90 Å². The Bertz CT molecular complexity index is 851. The van der Waals surface area contributed by atoms with E-state index in [0.29, 0.717) is 49.2 Å². The Kier molecular flexibility index (Phi) is 10.0. The minimum absolute atomic E-state index is 0.0135. The van der Waals surface area contributed by atoms with E-state index in [-0.39, 0.29) is 24.3 Å². The molecule has 0 unspecified atom stereocenters. The van der Waals surface area contributed by atoms with Gasteiger partial charge in [0.15, 0.2) is 0 Å². The second-order valence-electron chi connectivity index (χ2n) is 8.77. The molecule has 2 N–H and O–H groups in total. The van der Waals surface area contributed by atoms with Crippen LogP contribution in [0.3, 0.4) is 0 Å². The molecule has 1 aromatic rings. The molecule has 0 aliphatic carbocycles. The third kappa shape index (κ3) is 7.69. The first kappa shape index (κ1) is 26.0. The average Bonchev–Trinajstić information content (AvgIpc) is 2.99. The molecule has 33 heavy (non-hydrogen) atoms. The normalized spacial score (nSPS) is 22.7. The van der Waals surface area contributed by atoms with Gasteiger partial charge in [0.1, 0.15) is 0 Å². The largest absolute Gasteiger partial charge is 0.396 e. The minimum atomic E-state index is -0.467. The van der Waals surface area contributed by atoms with Crippen molar-refractivity contribution in [1.29, 1.82) is 0 Å². The van der Waals surface area contributed by atoms with Crippen LogP contribution < -0.4 is 0 Å². The smallest absolute Gasteiger partial charge is 0.246 e. The minimum Gasteiger partial charge on any atom is -0.396 e. The van der Waals surface area contributed by atoms with Crippen molar-refractivity contribution in [2.24, 2.45) is 5.92 Å². The van der Waals surface area contributed by atoms with Gasteiger partial charge in [-0.1, -0.05) is 29.3 Å². The van der Waals surface area contributed by atoms with Crippen LogP contribution in [0.1, 0.15) is 31.2 Å². The predicted molar refractivity (Wildman–Crippen MR) is 130 cm³/mol. The monoisotopic (exact) mass is 497 g/mol. The van der Waals surface area contributed by atoms with E-state index in [9.17, 15) is 19.8 Å². The number of carbonyl (C=O) groups is 2. The first-order valence-corrected chi connectivity index (χ1v) is 12.3. The fraction of sp³-hybridized carbons (Fsp3) is 0.583. The van der Waals surface area contributed by atoms with E-state index in [0.717, 1.165) is 37.9 Å². The predicted octanol–water partition coefficient (Wildman–Crippen LogP) is 2.52. The second-order valence-corrected chi connectivity index (χ2v) is 9.58. The molecular weight excluding hydrogens is 465 g/mol. The molecule has 0 spiro atoms. The van der Waals surface area contributed by atoms with Gasteiger partial charge in [-0.3, -0.25) is 9.59 Å². The molecule has 0 aromatic heterocycles. The summed E-state index contributed by atoms with van der Waals surface area (Å²) in [6.07, 6.45) is 5.70. The first-order valence-electron chi connectivity index (χ1n) is 11.6. The number of hydrogen-bond donors (Lipinski definition) is 2. The highest BCUT2D eigenvalue weighted by molar-refractivity contribution is 6.42. The molecule has 0 radical (unpaired) electrons. The summed E-state index contributed by atoms with van der Waals surface area (Å²) in [4.78, 5) is 30.9. The summed E-state index contributed by atoms with van der Waals surface area (Å²) in [5.74, 6) is -0.0565. The number of aliphatic hydroxyl groups excluding tert-OH is 2. The van der Waals surface area contributed by atoms with Crippen molar-refractivity contribution in [3.63, 3.8) is 0 Å². The van der Waals surface area contributed by atoms with Gasteiger partial charge in [-0.2, -0.15) is 0 Å². The van der Waals surface area contributed by atoms with Crippen molar-refractivity contribution in [3.05, 3.63) is 39.9 Å². The van der Waals surface area contributed by atoms with E-state index < -0.39 is 6.10 Å². The van der Waals surface area contributed by atoms with Crippen LogP contribution in [0.5, 0.6) is 0 Å². The van der Waals surface area contributed by atoms with Crippen LogP contribution in [0.15, 0.2) is 24.3 Å². The Morgan fingerprint density at radius 2 is 1.88 bits per heavy atom. The van der Waals surface area contributed by atoms with Gasteiger partial charge in [0, 0.05) is 57.7 Å². The van der Waals surface area contributed by atoms with Gasteiger partial charge in [0.25, 0.3) is 0 Å². The Labute approximate surface area is 205 Å². The zero-order valence-corrected chi connectivity index (χ0v) is 20.3. The standard InChI is InChI=1S/C24H33Cl2N3O4/c25-20-5-3-18(15-21(20)26)4-6-23(32)29-12-8-24(33)28(13-14-29)10-2-1-9-27-11-7-19(17-30)22(31)16-27/h3-6,15,19,22,30-31H,1-2,7-14,16-17H2/b6-4+/t19-,22+/m0/s1. The molecule has 2 saturated heterocycles. The molecule has 2 fully saturated rings. The van der Waals surface area contributed by atoms with Gasteiger partial charge in [0.2, 0.25) is 11.8 Å². The number of β-amino-alcohol motifs (C(OH)–C–C–N with tert-alkyl or cyclic N) is 1. The number of rotatable bonds is 8. The van der Waals surface area contributed by atoms with Crippen LogP contribution in [0.4, 0.5) is 0 Å². The first-order chi connectivity index (χ1) is 15.9. The summed E-state index contributed by atoms with van der Waals surface area (Å²) in [5, 5.41) is 20.2. The van der Waals surface area contributed by atoms with Gasteiger partial charge in [-0.25, -0.2) is 0 Å². The summed E-state index contributed by atoms with van der Waals surface area (Å²) >= 11 is 11.9. The van der Waals surface area contributed by atoms with Crippen molar-refractivity contribution in [1.82, 2.24) is 14.7 Å². The summed E-state index contributed by atoms with van der Waals surface area (Å²) in [5.41, 5.74) is 0.790. The van der Waals surface area contributed by atoms with Crippen LogP contribution in [0, 0.1) is 5.92 Å². The third-order valence-electron chi connectivity index (χ3n) is 6.45. The molecule has 2 aliphatic heterocycles. The van der Waals surface area contributed by atoms with Gasteiger partial charge in [0.05, 0.1) is 16.1 Å². The zero-order valence-electron chi connectivity index (χ0n) is 18.8. The van der Waals surface area contributed by atoms with Crippen LogP contribution in [-0.4, -0.2) is 95.3 Å². The summed E-state index contributed by atoms with van der Waals surface area (Å²) in [6, 6.07) is 5.19. The highest BCUT2D eigenvalue weighted by Gasteiger charge is 2.27. The Balaban J connectivity index is 1.40. The molecule has 1 aromatic carbocycles. The van der Waals surface area contributed by atoms with E-state index in [1.807, 2.05) is 4.90 Å². The average molecular weight is 498 g/mol. The van der Waals surface area contributed by atoms with Gasteiger partial charge in [-0.05, 0) is 56.1 Å². The van der Waals surface area contributed by atoms with Crippen molar-refractivity contribution in [2.45, 2.75) is 31.8 Å². The number of halogens is 2. The Morgan fingerprint density at radius 1 is 1.09 bits per heavy atom. The molecule has 2 heterocycles. The van der Waals surface area contributed by atoms with Crippen molar-refractivity contribution >= 4 is 41.1 Å². The van der Waals surface area contributed by atoms with Crippen LogP contribution in [0.2, 0.25) is 10.0 Å². The number of nitrogens with zero attached hydrogens (tertiary/aromatic N) is 3. The number of carbonyl (C=O) groups excluding carboxylic acids is 2. The fourth-order valence-corrected chi connectivity index (χ4v) is 4.62. The molecule has 0 bridgehead atoms. The lowest BCUT2D eigenvalue weighted by Gasteiger charge is -2.35. The number of likely N-dealkylation sites (tertiary alicyclic amines) is 1. The molecule has 182 valence electrons. The van der Waals surface area contributed by atoms with Gasteiger partial charge in [-0.15, -0.1) is 0 Å². The van der Waals surface area contributed by atoms with Crippen molar-refractivity contribution in [2.75, 3.05) is 52.4 Å². The number of piperidine rings is 1. The van der Waals surface area contributed by atoms with Crippen LogP contribution in [0.25, 0.3) is 6.08 Å². The highest BCUT2D eigenvalue weighted by Crippen LogP contribution is 2.23. The van der Waals surface area contributed by atoms with Gasteiger partial charge >= 0.3 is 0 Å². The second kappa shape index (κ2) is 12.7. The SMILES string of the molecule is O=C(/C=C/c1ccc(Cl)c(Cl)c1)N1CCC(=O)N(CCCCN2CC[C@@H](CO)[C@H](O)C2)CC1. The van der Waals surface area contributed by atoms with Crippen molar-refractivity contribution in [3.8, 4) is 0 Å².